The van der Waals surface area contributed by atoms with Crippen molar-refractivity contribution in [2.45, 2.75) is 32.6 Å². The summed E-state index contributed by atoms with van der Waals surface area (Å²) in [6, 6.07) is 13.1. The predicted octanol–water partition coefficient (Wildman–Crippen LogP) is 4.63. The monoisotopic (exact) mass is 369 g/mol. The molecule has 23 heavy (non-hydrogen) atoms. The van der Waals surface area contributed by atoms with Gasteiger partial charge in [0.2, 0.25) is 6.33 Å². The van der Waals surface area contributed by atoms with Gasteiger partial charge in [-0.05, 0) is 43.0 Å². The van der Waals surface area contributed by atoms with E-state index in [9.17, 15) is 0 Å². The van der Waals surface area contributed by atoms with Gasteiger partial charge in [0, 0.05) is 5.33 Å². The fourth-order valence-electron chi connectivity index (χ4n) is 3.24. The lowest BCUT2D eigenvalue weighted by Crippen LogP contribution is -2.32. The molecule has 2 nitrogen and oxygen atoms in total. The Bertz CT molecular complexity index is 810. The molecule has 0 amide bonds. The molecule has 0 aliphatic rings. The van der Waals surface area contributed by atoms with Crippen LogP contribution in [-0.2, 0) is 11.9 Å². The van der Waals surface area contributed by atoms with Crippen LogP contribution < -0.4 is 4.57 Å². The van der Waals surface area contributed by atoms with E-state index < -0.39 is 0 Å². The summed E-state index contributed by atoms with van der Waals surface area (Å²) in [4.78, 5) is 0. The van der Waals surface area contributed by atoms with Crippen molar-refractivity contribution in [1.29, 1.82) is 0 Å². The zero-order chi connectivity index (χ0) is 16.4. The van der Waals surface area contributed by atoms with Crippen LogP contribution in [-0.4, -0.2) is 4.57 Å². The molecule has 0 aliphatic carbocycles. The molecule has 2 aromatic carbocycles. The van der Waals surface area contributed by atoms with E-state index in [4.69, 9.17) is 0 Å². The van der Waals surface area contributed by atoms with E-state index in [1.54, 1.807) is 0 Å². The van der Waals surface area contributed by atoms with Gasteiger partial charge >= 0.3 is 0 Å². The molecule has 0 radical (unpaired) electrons. The van der Waals surface area contributed by atoms with Gasteiger partial charge in [0.05, 0.1) is 0 Å². The summed E-state index contributed by atoms with van der Waals surface area (Å²) in [5.74, 6) is 0. The van der Waals surface area contributed by atoms with Crippen molar-refractivity contribution in [3.8, 4) is 5.69 Å². The van der Waals surface area contributed by atoms with Crippen molar-refractivity contribution in [3.63, 3.8) is 0 Å². The lowest BCUT2D eigenvalue weighted by atomic mass is 10.1. The van der Waals surface area contributed by atoms with E-state index in [-0.39, 0.29) is 0 Å². The summed E-state index contributed by atoms with van der Waals surface area (Å²) in [6.07, 6.45) is 6.46. The number of nitrogens with zero attached hydrogens (tertiary/aromatic N) is 2. The first kappa shape index (κ1) is 16.0. The molecule has 0 spiro atoms. The predicted molar refractivity (Wildman–Crippen MR) is 98.4 cm³/mol. The summed E-state index contributed by atoms with van der Waals surface area (Å²) in [6.45, 7) is 7.40. The summed E-state index contributed by atoms with van der Waals surface area (Å²) in [5, 5.41) is 0.890. The number of alkyl halides is 1. The minimum atomic E-state index is 0.888. The zero-order valence-corrected chi connectivity index (χ0v) is 15.5. The third kappa shape index (κ3) is 3.40. The number of aryl methyl sites for hydroxylation is 3. The maximum absolute atomic E-state index is 3.57. The quantitative estimate of drug-likeness (QED) is 0.468. The summed E-state index contributed by atoms with van der Waals surface area (Å²) in [7, 11) is 0. The van der Waals surface area contributed by atoms with Crippen LogP contribution >= 0.6 is 15.9 Å². The summed E-state index contributed by atoms with van der Waals surface area (Å²) >= 11 is 3.57. The van der Waals surface area contributed by atoms with E-state index in [0.717, 1.165) is 11.9 Å². The fraction of sp³-hybridized carbons (Fsp3) is 0.250. The number of hydrogen-bond acceptors (Lipinski definition) is 0. The summed E-state index contributed by atoms with van der Waals surface area (Å²) < 4.78 is 4.46. The van der Waals surface area contributed by atoms with Crippen LogP contribution in [0.15, 0.2) is 55.1 Å². The van der Waals surface area contributed by atoms with Crippen molar-refractivity contribution >= 4 is 15.9 Å². The Balaban J connectivity index is 1.92. The van der Waals surface area contributed by atoms with Gasteiger partial charge in [-0.2, -0.15) is 0 Å². The van der Waals surface area contributed by atoms with Crippen molar-refractivity contribution in [3.05, 3.63) is 82.9 Å². The van der Waals surface area contributed by atoms with Crippen LogP contribution in [0.1, 0.15) is 27.8 Å². The molecule has 1 heterocycles. The van der Waals surface area contributed by atoms with Gasteiger partial charge in [-0.25, -0.2) is 9.13 Å². The average molecular weight is 370 g/mol. The van der Waals surface area contributed by atoms with Gasteiger partial charge in [0.15, 0.2) is 0 Å². The minimum Gasteiger partial charge on any atom is -0.232 e. The molecule has 0 atom stereocenters. The van der Waals surface area contributed by atoms with Gasteiger partial charge in [0.1, 0.15) is 24.6 Å². The Kier molecular flexibility index (Phi) is 4.67. The normalized spacial score (nSPS) is 11.0. The number of benzene rings is 2. The smallest absolute Gasteiger partial charge is 0.232 e. The molecular weight excluding hydrogens is 348 g/mol. The molecule has 3 aromatic rings. The van der Waals surface area contributed by atoms with Crippen LogP contribution in [0.5, 0.6) is 0 Å². The Hall–Kier alpha value is -1.87. The van der Waals surface area contributed by atoms with Crippen molar-refractivity contribution in [2.24, 2.45) is 0 Å². The van der Waals surface area contributed by atoms with Gasteiger partial charge in [-0.3, -0.25) is 0 Å². The Morgan fingerprint density at radius 3 is 2.30 bits per heavy atom. The van der Waals surface area contributed by atoms with Crippen LogP contribution in [0.4, 0.5) is 0 Å². The Morgan fingerprint density at radius 1 is 1.00 bits per heavy atom. The highest BCUT2D eigenvalue weighted by Gasteiger charge is 2.13. The standard InChI is InChI=1S/C20H22BrN2/c1-15-10-16(2)20(17(3)11-15)23-9-8-22(14-23)13-19-7-5-4-6-18(19)12-21/h4-11,14H,12-13H2,1-3H3/q+1. The molecule has 0 saturated carbocycles. The molecule has 1 aromatic heterocycles. The SMILES string of the molecule is Cc1cc(C)c(-n2cc[n+](Cc3ccccc3CBr)c2)c(C)c1. The first-order chi connectivity index (χ1) is 11.1. The molecular formula is C20H22BrN2+. The average Bonchev–Trinajstić information content (AvgIpc) is 2.95. The van der Waals surface area contributed by atoms with E-state index in [0.29, 0.717) is 0 Å². The molecule has 3 rings (SSSR count). The molecule has 0 N–H and O–H groups in total. The Labute approximate surface area is 146 Å². The highest BCUT2D eigenvalue weighted by molar-refractivity contribution is 9.08. The van der Waals surface area contributed by atoms with Crippen LogP contribution in [0.2, 0.25) is 0 Å². The largest absolute Gasteiger partial charge is 0.249 e. The van der Waals surface area contributed by atoms with E-state index in [2.05, 4.69) is 101 Å². The zero-order valence-electron chi connectivity index (χ0n) is 13.9. The van der Waals surface area contributed by atoms with Crippen molar-refractivity contribution in [1.82, 2.24) is 4.57 Å². The van der Waals surface area contributed by atoms with Crippen molar-refractivity contribution < 1.29 is 4.57 Å². The molecule has 0 fully saturated rings. The van der Waals surface area contributed by atoms with Gasteiger partial charge in [0.25, 0.3) is 0 Å². The lowest BCUT2D eigenvalue weighted by Gasteiger charge is -2.07. The van der Waals surface area contributed by atoms with Crippen LogP contribution in [0.25, 0.3) is 5.69 Å². The van der Waals surface area contributed by atoms with Crippen LogP contribution in [0.3, 0.4) is 0 Å². The first-order valence-electron chi connectivity index (χ1n) is 7.86. The second-order valence-corrected chi connectivity index (χ2v) is 6.70. The maximum Gasteiger partial charge on any atom is 0.249 e. The molecule has 0 aliphatic heterocycles. The minimum absolute atomic E-state index is 0.888. The Morgan fingerprint density at radius 2 is 1.65 bits per heavy atom. The molecule has 0 bridgehead atoms. The van der Waals surface area contributed by atoms with Gasteiger partial charge < -0.3 is 0 Å². The second-order valence-electron chi connectivity index (χ2n) is 6.14. The number of imidazole rings is 1. The number of rotatable bonds is 4. The lowest BCUT2D eigenvalue weighted by molar-refractivity contribution is -0.687. The van der Waals surface area contributed by atoms with E-state index in [1.807, 2.05) is 0 Å². The first-order valence-corrected chi connectivity index (χ1v) is 8.98. The highest BCUT2D eigenvalue weighted by atomic mass is 79.9. The third-order valence-corrected chi connectivity index (χ3v) is 4.80. The van der Waals surface area contributed by atoms with Crippen molar-refractivity contribution in [2.75, 3.05) is 0 Å². The third-order valence-electron chi connectivity index (χ3n) is 4.20. The van der Waals surface area contributed by atoms with E-state index >= 15 is 0 Å². The topological polar surface area (TPSA) is 8.81 Å². The van der Waals surface area contributed by atoms with Gasteiger partial charge in [-0.15, -0.1) is 0 Å². The molecule has 118 valence electrons. The number of halogens is 1. The second kappa shape index (κ2) is 6.71. The van der Waals surface area contributed by atoms with E-state index in [1.165, 1.54) is 33.5 Å². The maximum atomic E-state index is 3.57. The molecule has 3 heteroatoms. The fourth-order valence-corrected chi connectivity index (χ4v) is 3.79. The highest BCUT2D eigenvalue weighted by Crippen LogP contribution is 2.20. The van der Waals surface area contributed by atoms with Crippen LogP contribution in [0, 0.1) is 20.8 Å². The molecule has 0 saturated heterocycles. The molecule has 0 unspecified atom stereocenters. The number of hydrogen-bond donors (Lipinski definition) is 0. The summed E-state index contributed by atoms with van der Waals surface area (Å²) in [5.41, 5.74) is 7.91. The van der Waals surface area contributed by atoms with Gasteiger partial charge in [-0.1, -0.05) is 57.9 Å². The number of aromatic nitrogens is 2.